The number of fused-ring (bicyclic) bond motifs is 2. The number of nitrogens with one attached hydrogen (secondary N) is 3. The number of pyridine rings is 2. The van der Waals surface area contributed by atoms with Crippen molar-refractivity contribution in [3.8, 4) is 0 Å². The molecule has 1 aromatic carbocycles. The molecule has 18 nitrogen and oxygen atoms in total. The Kier molecular flexibility index (Phi) is 10.5. The quantitative estimate of drug-likeness (QED) is 0.171. The van der Waals surface area contributed by atoms with Gasteiger partial charge in [0.15, 0.2) is 5.78 Å². The molecule has 61 heavy (non-hydrogen) atoms. The number of amides is 6. The number of anilines is 4. The first-order valence-electron chi connectivity index (χ1n) is 21.0. The van der Waals surface area contributed by atoms with Crippen LogP contribution in [0.1, 0.15) is 101 Å². The van der Waals surface area contributed by atoms with Crippen molar-refractivity contribution in [3.63, 3.8) is 0 Å². The van der Waals surface area contributed by atoms with Crippen molar-refractivity contribution in [2.75, 3.05) is 54.8 Å². The van der Waals surface area contributed by atoms with Gasteiger partial charge >= 0.3 is 6.03 Å². The van der Waals surface area contributed by atoms with Gasteiger partial charge in [-0.15, -0.1) is 0 Å². The second-order valence-corrected chi connectivity index (χ2v) is 16.5. The van der Waals surface area contributed by atoms with Crippen molar-refractivity contribution in [1.29, 1.82) is 0 Å². The minimum absolute atomic E-state index is 0.00828. The van der Waals surface area contributed by atoms with E-state index in [1.165, 1.54) is 19.1 Å². The molecule has 7 heterocycles. The van der Waals surface area contributed by atoms with Crippen molar-refractivity contribution >= 4 is 69.6 Å². The predicted molar refractivity (Wildman–Crippen MR) is 224 cm³/mol. The SMILES string of the molecule is CC(=O)c1c(C)c2cnc(Nc3ccc(N4CCN(C5CCN(C(=O)Nc6ccc7c(c6)C(=O)N(C6CCC(=O)NC6=O)C7=O)CC5)CC4)cn3)nc2n(C2CCCC2)c1=O. The highest BCUT2D eigenvalue weighted by atomic mass is 16.2. The molecule has 6 amide bonds. The van der Waals surface area contributed by atoms with Crippen molar-refractivity contribution < 1.29 is 28.8 Å². The van der Waals surface area contributed by atoms with Crippen LogP contribution in [0.5, 0.6) is 0 Å². The molecule has 1 aliphatic carbocycles. The van der Waals surface area contributed by atoms with E-state index in [0.29, 0.717) is 53.2 Å². The molecule has 0 spiro atoms. The van der Waals surface area contributed by atoms with Gasteiger partial charge in [-0.2, -0.15) is 4.98 Å². The Morgan fingerprint density at radius 1 is 0.803 bits per heavy atom. The number of carbonyl (C=O) groups excluding carboxylic acids is 6. The van der Waals surface area contributed by atoms with Gasteiger partial charge in [-0.1, -0.05) is 12.8 Å². The number of aryl methyl sites for hydroxylation is 1. The van der Waals surface area contributed by atoms with Gasteiger partial charge in [-0.25, -0.2) is 14.8 Å². The normalized spacial score (nSPS) is 20.4. The Balaban J connectivity index is 0.768. The Bertz CT molecular complexity index is 2540. The highest BCUT2D eigenvalue weighted by Gasteiger charge is 2.45. The Hall–Kier alpha value is -6.56. The largest absolute Gasteiger partial charge is 0.368 e. The number of likely N-dealkylation sites (tertiary alicyclic amines) is 1. The summed E-state index contributed by atoms with van der Waals surface area (Å²) in [5.74, 6) is -1.70. The lowest BCUT2D eigenvalue weighted by Crippen LogP contribution is -2.54. The molecular weight excluding hydrogens is 783 g/mol. The van der Waals surface area contributed by atoms with Gasteiger partial charge < -0.3 is 20.4 Å². The van der Waals surface area contributed by atoms with Gasteiger partial charge in [0.05, 0.1) is 28.6 Å². The first kappa shape index (κ1) is 39.9. The first-order chi connectivity index (χ1) is 29.4. The third kappa shape index (κ3) is 7.49. The number of hydrogen-bond donors (Lipinski definition) is 3. The van der Waals surface area contributed by atoms with Crippen LogP contribution in [-0.2, 0) is 9.59 Å². The molecule has 0 bridgehead atoms. The van der Waals surface area contributed by atoms with E-state index < -0.39 is 29.7 Å². The summed E-state index contributed by atoms with van der Waals surface area (Å²) in [5.41, 5.74) is 2.67. The molecule has 3 saturated heterocycles. The number of carbonyl (C=O) groups is 6. The van der Waals surface area contributed by atoms with Gasteiger partial charge in [-0.3, -0.25) is 48.5 Å². The average Bonchev–Trinajstić information content (AvgIpc) is 3.87. The summed E-state index contributed by atoms with van der Waals surface area (Å²) in [7, 11) is 0. The van der Waals surface area contributed by atoms with Crippen LogP contribution in [0.3, 0.4) is 0 Å². The van der Waals surface area contributed by atoms with Crippen molar-refractivity contribution in [3.05, 3.63) is 75.3 Å². The Morgan fingerprint density at radius 3 is 2.23 bits per heavy atom. The van der Waals surface area contributed by atoms with E-state index in [-0.39, 0.29) is 52.9 Å². The minimum Gasteiger partial charge on any atom is -0.368 e. The van der Waals surface area contributed by atoms with Gasteiger partial charge in [-0.05, 0) is 81.8 Å². The maximum Gasteiger partial charge on any atom is 0.321 e. The number of urea groups is 1. The summed E-state index contributed by atoms with van der Waals surface area (Å²) >= 11 is 0. The molecule has 9 rings (SSSR count). The van der Waals surface area contributed by atoms with E-state index in [4.69, 9.17) is 4.98 Å². The highest BCUT2D eigenvalue weighted by Crippen LogP contribution is 2.33. The monoisotopic (exact) mass is 829 g/mol. The van der Waals surface area contributed by atoms with Gasteiger partial charge in [0.25, 0.3) is 17.4 Å². The molecule has 3 aromatic heterocycles. The number of benzene rings is 1. The molecule has 4 aliphatic heterocycles. The van der Waals surface area contributed by atoms with Crippen LogP contribution in [0.25, 0.3) is 11.0 Å². The topological polar surface area (TPSA) is 212 Å². The number of ketones is 1. The van der Waals surface area contributed by atoms with Crippen LogP contribution in [0.15, 0.2) is 47.5 Å². The van der Waals surface area contributed by atoms with Crippen LogP contribution < -0.4 is 26.4 Å². The molecular formula is C43H47N11O7. The first-order valence-corrected chi connectivity index (χ1v) is 21.0. The summed E-state index contributed by atoms with van der Waals surface area (Å²) in [6.45, 7) is 7.72. The van der Waals surface area contributed by atoms with Gasteiger partial charge in [0.1, 0.15) is 17.5 Å². The zero-order chi connectivity index (χ0) is 42.5. The number of rotatable bonds is 8. The number of nitrogens with zero attached hydrogens (tertiary/aromatic N) is 8. The van der Waals surface area contributed by atoms with Gasteiger partial charge in [0.2, 0.25) is 17.8 Å². The second-order valence-electron chi connectivity index (χ2n) is 16.5. The maximum atomic E-state index is 13.6. The fraction of sp³-hybridized carbons (Fsp3) is 0.442. The standard InChI is InChI=1S/C43H47N11O7/c1-24-32-23-45-42(49-37(32)53(28-5-3-4-6-28)41(60)36(24)25(2)55)47-34-11-8-29(22-44-34)51-19-17-50(18-20-51)27-13-15-52(16-14-27)43(61)46-26-7-9-30-31(21-26)40(59)54(39(30)58)33-10-12-35(56)48-38(33)57/h7-9,11,21-23,27-28,33H,3-6,10,12-20H2,1-2H3,(H,46,61)(H,48,56,57)(H,44,45,47,49). The van der Waals surface area contributed by atoms with Crippen LogP contribution >= 0.6 is 0 Å². The fourth-order valence-electron chi connectivity index (χ4n) is 9.60. The zero-order valence-corrected chi connectivity index (χ0v) is 34.1. The molecule has 1 atom stereocenters. The molecule has 1 unspecified atom stereocenters. The fourth-order valence-corrected chi connectivity index (χ4v) is 9.60. The molecule has 0 radical (unpaired) electrons. The number of Topliss-reactive ketones (excluding diaryl/α,β-unsaturated/α-hetero) is 1. The van der Waals surface area contributed by atoms with Crippen LogP contribution in [0.2, 0.25) is 0 Å². The van der Waals surface area contributed by atoms with Crippen LogP contribution in [0.4, 0.5) is 27.9 Å². The summed E-state index contributed by atoms with van der Waals surface area (Å²) in [4.78, 5) is 111. The third-order valence-electron chi connectivity index (χ3n) is 12.9. The number of piperazine rings is 1. The van der Waals surface area contributed by atoms with E-state index >= 15 is 0 Å². The van der Waals surface area contributed by atoms with E-state index in [9.17, 15) is 33.6 Å². The number of aromatic nitrogens is 4. The molecule has 18 heteroatoms. The smallest absolute Gasteiger partial charge is 0.321 e. The summed E-state index contributed by atoms with van der Waals surface area (Å²) in [6.07, 6.45) is 9.03. The number of piperidine rings is 2. The second kappa shape index (κ2) is 16.1. The van der Waals surface area contributed by atoms with E-state index in [2.05, 4.69) is 35.7 Å². The van der Waals surface area contributed by atoms with Gasteiger partial charge in [0, 0.05) is 75.0 Å². The Labute approximate surface area is 350 Å². The lowest BCUT2D eigenvalue weighted by molar-refractivity contribution is -0.136. The molecule has 4 fully saturated rings. The van der Waals surface area contributed by atoms with Crippen LogP contribution in [0, 0.1) is 6.92 Å². The predicted octanol–water partition coefficient (Wildman–Crippen LogP) is 3.78. The maximum absolute atomic E-state index is 13.6. The summed E-state index contributed by atoms with van der Waals surface area (Å²) in [6, 6.07) is 7.41. The zero-order valence-electron chi connectivity index (χ0n) is 34.1. The molecule has 316 valence electrons. The third-order valence-corrected chi connectivity index (χ3v) is 12.9. The van der Waals surface area contributed by atoms with Crippen LogP contribution in [-0.4, -0.2) is 121 Å². The molecule has 3 N–H and O–H groups in total. The summed E-state index contributed by atoms with van der Waals surface area (Å²) in [5, 5.41) is 8.95. The minimum atomic E-state index is -1.06. The van der Waals surface area contributed by atoms with E-state index in [1.807, 2.05) is 18.3 Å². The highest BCUT2D eigenvalue weighted by molar-refractivity contribution is 6.24. The lowest BCUT2D eigenvalue weighted by atomic mass is 10.0. The molecule has 5 aliphatic rings. The van der Waals surface area contributed by atoms with Crippen molar-refractivity contribution in [1.82, 2.24) is 39.5 Å². The van der Waals surface area contributed by atoms with Crippen molar-refractivity contribution in [2.24, 2.45) is 0 Å². The Morgan fingerprint density at radius 2 is 1.54 bits per heavy atom. The summed E-state index contributed by atoms with van der Waals surface area (Å²) < 4.78 is 1.70. The molecule has 4 aromatic rings. The van der Waals surface area contributed by atoms with E-state index in [0.717, 1.165) is 75.3 Å². The number of imide groups is 2. The molecule has 1 saturated carbocycles. The lowest BCUT2D eigenvalue weighted by Gasteiger charge is -2.43. The van der Waals surface area contributed by atoms with E-state index in [1.54, 1.807) is 28.7 Å². The average molecular weight is 830 g/mol. The van der Waals surface area contributed by atoms with Crippen molar-refractivity contribution in [2.45, 2.75) is 83.3 Å². The number of hydrogen-bond acceptors (Lipinski definition) is 13.